The molecule has 0 spiro atoms. The SMILES string of the molecule is Cc1nc(C(=O)Nc2ccc3c(C)nn(C)c3c2)c(C)o1. The van der Waals surface area contributed by atoms with E-state index in [1.54, 1.807) is 18.5 Å². The van der Waals surface area contributed by atoms with Crippen molar-refractivity contribution < 1.29 is 9.21 Å². The lowest BCUT2D eigenvalue weighted by atomic mass is 10.2. The number of carbonyl (C=O) groups is 1. The van der Waals surface area contributed by atoms with Crippen molar-refractivity contribution >= 4 is 22.5 Å². The fraction of sp³-hybridized carbons (Fsp3) is 0.267. The van der Waals surface area contributed by atoms with E-state index in [1.165, 1.54) is 0 Å². The van der Waals surface area contributed by atoms with Crippen LogP contribution in [-0.2, 0) is 7.05 Å². The van der Waals surface area contributed by atoms with Crippen molar-refractivity contribution in [2.24, 2.45) is 7.05 Å². The van der Waals surface area contributed by atoms with Gasteiger partial charge in [-0.05, 0) is 32.0 Å². The number of hydrogen-bond acceptors (Lipinski definition) is 4. The van der Waals surface area contributed by atoms with E-state index in [4.69, 9.17) is 4.42 Å². The second-order valence-electron chi connectivity index (χ2n) is 5.03. The summed E-state index contributed by atoms with van der Waals surface area (Å²) in [4.78, 5) is 16.3. The third-order valence-corrected chi connectivity index (χ3v) is 3.41. The van der Waals surface area contributed by atoms with Gasteiger partial charge in [-0.25, -0.2) is 4.98 Å². The zero-order valence-corrected chi connectivity index (χ0v) is 12.4. The number of rotatable bonds is 2. The molecule has 6 heteroatoms. The van der Waals surface area contributed by atoms with Gasteiger partial charge in [-0.1, -0.05) is 0 Å². The first-order chi connectivity index (χ1) is 9.95. The number of aryl methyl sites for hydroxylation is 4. The first-order valence-electron chi connectivity index (χ1n) is 6.64. The van der Waals surface area contributed by atoms with E-state index in [-0.39, 0.29) is 5.91 Å². The second kappa shape index (κ2) is 4.73. The predicted octanol–water partition coefficient (Wildman–Crippen LogP) is 2.74. The van der Waals surface area contributed by atoms with E-state index in [0.29, 0.717) is 23.0 Å². The van der Waals surface area contributed by atoms with Crippen LogP contribution in [0, 0.1) is 20.8 Å². The first-order valence-corrected chi connectivity index (χ1v) is 6.64. The molecule has 0 atom stereocenters. The number of aromatic nitrogens is 3. The van der Waals surface area contributed by atoms with Crippen LogP contribution in [-0.4, -0.2) is 20.7 Å². The molecule has 0 unspecified atom stereocenters. The van der Waals surface area contributed by atoms with Crippen LogP contribution in [0.25, 0.3) is 10.9 Å². The topological polar surface area (TPSA) is 73.0 Å². The van der Waals surface area contributed by atoms with Gasteiger partial charge in [-0.3, -0.25) is 9.48 Å². The van der Waals surface area contributed by atoms with Gasteiger partial charge in [-0.2, -0.15) is 5.10 Å². The Balaban J connectivity index is 1.93. The van der Waals surface area contributed by atoms with Gasteiger partial charge < -0.3 is 9.73 Å². The normalized spacial score (nSPS) is 11.0. The molecule has 6 nitrogen and oxygen atoms in total. The third-order valence-electron chi connectivity index (χ3n) is 3.41. The molecule has 108 valence electrons. The van der Waals surface area contributed by atoms with Crippen LogP contribution in [0.4, 0.5) is 5.69 Å². The summed E-state index contributed by atoms with van der Waals surface area (Å²) in [7, 11) is 1.88. The third kappa shape index (κ3) is 2.29. The first kappa shape index (κ1) is 13.4. The Labute approximate surface area is 121 Å². The molecule has 0 aliphatic carbocycles. The molecule has 0 saturated heterocycles. The minimum Gasteiger partial charge on any atom is -0.445 e. The van der Waals surface area contributed by atoms with Crippen molar-refractivity contribution in [3.63, 3.8) is 0 Å². The minimum absolute atomic E-state index is 0.275. The van der Waals surface area contributed by atoms with E-state index >= 15 is 0 Å². The number of nitrogens with zero attached hydrogens (tertiary/aromatic N) is 3. The summed E-state index contributed by atoms with van der Waals surface area (Å²) in [6.07, 6.45) is 0. The molecule has 0 fully saturated rings. The zero-order chi connectivity index (χ0) is 15.1. The van der Waals surface area contributed by atoms with Crippen molar-refractivity contribution in [2.75, 3.05) is 5.32 Å². The van der Waals surface area contributed by atoms with Gasteiger partial charge in [0.2, 0.25) is 0 Å². The summed E-state index contributed by atoms with van der Waals surface area (Å²) in [5, 5.41) is 8.27. The van der Waals surface area contributed by atoms with Crippen LogP contribution < -0.4 is 5.32 Å². The molecule has 2 heterocycles. The van der Waals surface area contributed by atoms with Gasteiger partial charge in [0.25, 0.3) is 5.91 Å². The molecule has 0 aliphatic rings. The van der Waals surface area contributed by atoms with Gasteiger partial charge in [0, 0.05) is 25.0 Å². The lowest BCUT2D eigenvalue weighted by molar-refractivity contribution is 0.102. The summed E-state index contributed by atoms with van der Waals surface area (Å²) in [6, 6.07) is 5.71. The number of nitrogens with one attached hydrogen (secondary N) is 1. The fourth-order valence-electron chi connectivity index (χ4n) is 2.45. The average molecular weight is 284 g/mol. The molecule has 0 aliphatic heterocycles. The lowest BCUT2D eigenvalue weighted by Crippen LogP contribution is -2.13. The van der Waals surface area contributed by atoms with Crippen molar-refractivity contribution in [3.8, 4) is 0 Å². The fourth-order valence-corrected chi connectivity index (χ4v) is 2.45. The molecule has 1 N–H and O–H groups in total. The van der Waals surface area contributed by atoms with Crippen molar-refractivity contribution in [3.05, 3.63) is 41.2 Å². The highest BCUT2D eigenvalue weighted by atomic mass is 16.4. The molecule has 1 aromatic carbocycles. The standard InChI is InChI=1S/C15H16N4O2/c1-8-12-6-5-11(7-13(12)19(4)18-8)17-15(20)14-9(2)21-10(3)16-14/h5-7H,1-4H3,(H,17,20). The van der Waals surface area contributed by atoms with Crippen LogP contribution in [0.5, 0.6) is 0 Å². The Bertz CT molecular complexity index is 845. The van der Waals surface area contributed by atoms with Crippen molar-refractivity contribution in [1.29, 1.82) is 0 Å². The Kier molecular flexibility index (Phi) is 3.01. The van der Waals surface area contributed by atoms with Crippen LogP contribution in [0.1, 0.15) is 27.8 Å². The maximum Gasteiger partial charge on any atom is 0.277 e. The van der Waals surface area contributed by atoms with Crippen LogP contribution in [0.3, 0.4) is 0 Å². The van der Waals surface area contributed by atoms with E-state index in [2.05, 4.69) is 15.4 Å². The van der Waals surface area contributed by atoms with Crippen LogP contribution >= 0.6 is 0 Å². The number of fused-ring (bicyclic) bond motifs is 1. The largest absolute Gasteiger partial charge is 0.445 e. The molecule has 1 amide bonds. The molecule has 21 heavy (non-hydrogen) atoms. The molecule has 2 aromatic heterocycles. The molecule has 0 bridgehead atoms. The Hall–Kier alpha value is -2.63. The van der Waals surface area contributed by atoms with Crippen LogP contribution in [0.15, 0.2) is 22.6 Å². The zero-order valence-electron chi connectivity index (χ0n) is 12.4. The summed E-state index contributed by atoms with van der Waals surface area (Å²) < 4.78 is 7.08. The van der Waals surface area contributed by atoms with Gasteiger partial charge in [0.05, 0.1) is 11.2 Å². The summed E-state index contributed by atoms with van der Waals surface area (Å²) in [6.45, 7) is 5.40. The maximum absolute atomic E-state index is 12.2. The molecule has 0 saturated carbocycles. The van der Waals surface area contributed by atoms with Crippen LogP contribution in [0.2, 0.25) is 0 Å². The number of hydrogen-bond donors (Lipinski definition) is 1. The minimum atomic E-state index is -0.275. The van der Waals surface area contributed by atoms with E-state index in [9.17, 15) is 4.79 Å². The number of oxazole rings is 1. The Morgan fingerprint density at radius 1 is 1.29 bits per heavy atom. The van der Waals surface area contributed by atoms with Gasteiger partial charge >= 0.3 is 0 Å². The monoisotopic (exact) mass is 284 g/mol. The Morgan fingerprint density at radius 3 is 2.71 bits per heavy atom. The molecule has 3 rings (SSSR count). The Morgan fingerprint density at radius 2 is 2.05 bits per heavy atom. The van der Waals surface area contributed by atoms with E-state index in [0.717, 1.165) is 16.6 Å². The number of anilines is 1. The number of amides is 1. The van der Waals surface area contributed by atoms with Gasteiger partial charge in [0.1, 0.15) is 5.76 Å². The quantitative estimate of drug-likeness (QED) is 0.785. The van der Waals surface area contributed by atoms with E-state index < -0.39 is 0 Å². The number of benzene rings is 1. The lowest BCUT2D eigenvalue weighted by Gasteiger charge is -2.04. The average Bonchev–Trinajstić information content (AvgIpc) is 2.90. The second-order valence-corrected chi connectivity index (χ2v) is 5.03. The predicted molar refractivity (Wildman–Crippen MR) is 79.4 cm³/mol. The number of carbonyl (C=O) groups excluding carboxylic acids is 1. The highest BCUT2D eigenvalue weighted by molar-refractivity contribution is 6.04. The molecular weight excluding hydrogens is 268 g/mol. The summed E-state index contributed by atoms with van der Waals surface area (Å²) >= 11 is 0. The highest BCUT2D eigenvalue weighted by Crippen LogP contribution is 2.22. The summed E-state index contributed by atoms with van der Waals surface area (Å²) in [5.74, 6) is 0.723. The molecular formula is C15H16N4O2. The summed E-state index contributed by atoms with van der Waals surface area (Å²) in [5.41, 5.74) is 2.95. The smallest absolute Gasteiger partial charge is 0.277 e. The van der Waals surface area contributed by atoms with E-state index in [1.807, 2.05) is 32.2 Å². The van der Waals surface area contributed by atoms with Gasteiger partial charge in [-0.15, -0.1) is 0 Å². The van der Waals surface area contributed by atoms with Crippen molar-refractivity contribution in [1.82, 2.24) is 14.8 Å². The highest BCUT2D eigenvalue weighted by Gasteiger charge is 2.16. The maximum atomic E-state index is 12.2. The van der Waals surface area contributed by atoms with Gasteiger partial charge in [0.15, 0.2) is 11.6 Å². The molecule has 0 radical (unpaired) electrons. The van der Waals surface area contributed by atoms with Crippen molar-refractivity contribution in [2.45, 2.75) is 20.8 Å². The molecule has 3 aromatic rings.